The van der Waals surface area contributed by atoms with Gasteiger partial charge in [0.2, 0.25) is 0 Å². The molecule has 2 nitrogen and oxygen atoms in total. The van der Waals surface area contributed by atoms with Crippen molar-refractivity contribution >= 4 is 5.71 Å². The summed E-state index contributed by atoms with van der Waals surface area (Å²) in [5.41, 5.74) is 0.685. The maximum atomic E-state index is 9.84. The molecule has 2 rings (SSSR count). The number of nitrogens with zero attached hydrogens (tertiary/aromatic N) is 1. The van der Waals surface area contributed by atoms with Gasteiger partial charge in [-0.25, -0.2) is 0 Å². The average molecular weight is 165 g/mol. The molecular weight excluding hydrogens is 150 g/mol. The first-order valence-corrected chi connectivity index (χ1v) is 4.48. The van der Waals surface area contributed by atoms with Crippen LogP contribution in [0.5, 0.6) is 0 Å². The minimum atomic E-state index is -0.627. The third kappa shape index (κ3) is 1.11. The minimum absolute atomic E-state index is 0.137. The second-order valence-corrected chi connectivity index (χ2v) is 4.44. The lowest BCUT2D eigenvalue weighted by Crippen LogP contribution is -2.38. The molecule has 1 aliphatic carbocycles. The van der Waals surface area contributed by atoms with E-state index in [0.717, 1.165) is 19.4 Å². The van der Waals surface area contributed by atoms with E-state index in [4.69, 9.17) is 0 Å². The predicted molar refractivity (Wildman–Crippen MR) is 49.4 cm³/mol. The van der Waals surface area contributed by atoms with Gasteiger partial charge in [0.15, 0.2) is 0 Å². The Labute approximate surface area is 73.0 Å². The van der Waals surface area contributed by atoms with Gasteiger partial charge in [-0.05, 0) is 25.8 Å². The highest BCUT2D eigenvalue weighted by molar-refractivity contribution is 6.01. The maximum Gasteiger partial charge on any atom is 0.0812 e. The summed E-state index contributed by atoms with van der Waals surface area (Å²) in [5, 5.41) is 9.84. The van der Waals surface area contributed by atoms with Crippen molar-refractivity contribution in [3.63, 3.8) is 0 Å². The first-order valence-electron chi connectivity index (χ1n) is 4.48. The van der Waals surface area contributed by atoms with Crippen molar-refractivity contribution in [1.29, 1.82) is 0 Å². The average Bonchev–Trinajstić information content (AvgIpc) is 2.26. The molecule has 0 fully saturated rings. The van der Waals surface area contributed by atoms with Crippen LogP contribution in [0.4, 0.5) is 0 Å². The van der Waals surface area contributed by atoms with Crippen molar-refractivity contribution in [3.8, 4) is 0 Å². The lowest BCUT2D eigenvalue weighted by Gasteiger charge is -2.35. The molecule has 0 unspecified atom stereocenters. The van der Waals surface area contributed by atoms with Gasteiger partial charge in [-0.1, -0.05) is 13.0 Å². The van der Waals surface area contributed by atoms with Crippen LogP contribution in [0, 0.1) is 5.41 Å². The standard InChI is InChI=1S/C10H15NO/c1-9-5-6-11-8(9)3-4-10(2,12)7-9/h3-4,12H,5-7H2,1-2H3/t9-,10-/m1/s1. The second kappa shape index (κ2) is 2.19. The van der Waals surface area contributed by atoms with E-state index in [0.29, 0.717) is 0 Å². The van der Waals surface area contributed by atoms with Crippen LogP contribution < -0.4 is 0 Å². The number of fused-ring (bicyclic) bond motifs is 1. The van der Waals surface area contributed by atoms with Crippen molar-refractivity contribution in [2.75, 3.05) is 6.54 Å². The largest absolute Gasteiger partial charge is 0.386 e. The molecule has 1 aliphatic heterocycles. The Balaban J connectivity index is 2.36. The van der Waals surface area contributed by atoms with Gasteiger partial charge in [0.05, 0.1) is 5.60 Å². The van der Waals surface area contributed by atoms with Crippen LogP contribution in [-0.4, -0.2) is 23.0 Å². The number of aliphatic imine (C=N–C) groups is 1. The van der Waals surface area contributed by atoms with Gasteiger partial charge < -0.3 is 5.11 Å². The summed E-state index contributed by atoms with van der Waals surface area (Å²) in [4.78, 5) is 4.41. The SMILES string of the molecule is C[C@]12CCN=C1C=C[C@@](C)(O)C2. The molecule has 0 saturated heterocycles. The summed E-state index contributed by atoms with van der Waals surface area (Å²) in [6, 6.07) is 0. The van der Waals surface area contributed by atoms with Crippen molar-refractivity contribution in [1.82, 2.24) is 0 Å². The molecule has 0 bridgehead atoms. The molecule has 1 heterocycles. The third-order valence-corrected chi connectivity index (χ3v) is 2.91. The molecule has 0 aromatic carbocycles. The van der Waals surface area contributed by atoms with E-state index < -0.39 is 5.60 Å². The summed E-state index contributed by atoms with van der Waals surface area (Å²) >= 11 is 0. The fraction of sp³-hybridized carbons (Fsp3) is 0.700. The fourth-order valence-corrected chi connectivity index (χ4v) is 2.28. The zero-order valence-electron chi connectivity index (χ0n) is 7.67. The molecule has 0 aromatic heterocycles. The molecule has 0 amide bonds. The monoisotopic (exact) mass is 165 g/mol. The van der Waals surface area contributed by atoms with Crippen molar-refractivity contribution in [2.45, 2.75) is 32.3 Å². The number of hydrogen-bond donors (Lipinski definition) is 1. The van der Waals surface area contributed by atoms with Crippen LogP contribution in [0.25, 0.3) is 0 Å². The summed E-state index contributed by atoms with van der Waals surface area (Å²) in [7, 11) is 0. The Morgan fingerprint density at radius 1 is 1.50 bits per heavy atom. The molecular formula is C10H15NO. The van der Waals surface area contributed by atoms with Gasteiger partial charge in [-0.15, -0.1) is 0 Å². The Kier molecular flexibility index (Phi) is 1.46. The van der Waals surface area contributed by atoms with E-state index in [1.807, 2.05) is 19.1 Å². The predicted octanol–water partition coefficient (Wildman–Crippen LogP) is 1.55. The van der Waals surface area contributed by atoms with E-state index in [1.54, 1.807) is 0 Å². The van der Waals surface area contributed by atoms with Gasteiger partial charge in [0, 0.05) is 17.7 Å². The summed E-state index contributed by atoms with van der Waals surface area (Å²) in [6.07, 6.45) is 5.74. The van der Waals surface area contributed by atoms with Crippen LogP contribution in [0.3, 0.4) is 0 Å². The van der Waals surface area contributed by atoms with Crippen LogP contribution in [0.1, 0.15) is 26.7 Å². The molecule has 0 saturated carbocycles. The van der Waals surface area contributed by atoms with E-state index in [9.17, 15) is 5.11 Å². The molecule has 2 aliphatic rings. The van der Waals surface area contributed by atoms with Crippen molar-refractivity contribution < 1.29 is 5.11 Å². The van der Waals surface area contributed by atoms with Crippen LogP contribution in [0.2, 0.25) is 0 Å². The highest BCUT2D eigenvalue weighted by Gasteiger charge is 2.41. The number of aliphatic hydroxyl groups is 1. The van der Waals surface area contributed by atoms with Gasteiger partial charge in [-0.3, -0.25) is 4.99 Å². The van der Waals surface area contributed by atoms with Gasteiger partial charge >= 0.3 is 0 Å². The smallest absolute Gasteiger partial charge is 0.0812 e. The summed E-state index contributed by atoms with van der Waals surface area (Å²) < 4.78 is 0. The highest BCUT2D eigenvalue weighted by Crippen LogP contribution is 2.41. The summed E-state index contributed by atoms with van der Waals surface area (Å²) in [5.74, 6) is 0. The zero-order chi connectivity index (χ0) is 8.82. The molecule has 2 heteroatoms. The number of rotatable bonds is 0. The van der Waals surface area contributed by atoms with E-state index in [2.05, 4.69) is 11.9 Å². The van der Waals surface area contributed by atoms with Crippen molar-refractivity contribution in [3.05, 3.63) is 12.2 Å². The number of hydrogen-bond acceptors (Lipinski definition) is 2. The molecule has 12 heavy (non-hydrogen) atoms. The topological polar surface area (TPSA) is 32.6 Å². The first kappa shape index (κ1) is 7.99. The van der Waals surface area contributed by atoms with Gasteiger partial charge in [-0.2, -0.15) is 0 Å². The van der Waals surface area contributed by atoms with E-state index >= 15 is 0 Å². The van der Waals surface area contributed by atoms with Crippen LogP contribution in [0.15, 0.2) is 17.1 Å². The van der Waals surface area contributed by atoms with Crippen LogP contribution in [-0.2, 0) is 0 Å². The normalized spacial score (nSPS) is 45.8. The fourth-order valence-electron chi connectivity index (χ4n) is 2.28. The highest BCUT2D eigenvalue weighted by atomic mass is 16.3. The lowest BCUT2D eigenvalue weighted by atomic mass is 9.71. The Morgan fingerprint density at radius 3 is 3.00 bits per heavy atom. The maximum absolute atomic E-state index is 9.84. The summed E-state index contributed by atoms with van der Waals surface area (Å²) in [6.45, 7) is 4.98. The Morgan fingerprint density at radius 2 is 2.25 bits per heavy atom. The molecule has 0 aromatic rings. The van der Waals surface area contributed by atoms with E-state index in [1.165, 1.54) is 5.71 Å². The second-order valence-electron chi connectivity index (χ2n) is 4.44. The quantitative estimate of drug-likeness (QED) is 0.580. The molecule has 66 valence electrons. The lowest BCUT2D eigenvalue weighted by molar-refractivity contribution is 0.0697. The zero-order valence-corrected chi connectivity index (χ0v) is 7.67. The molecule has 2 atom stereocenters. The van der Waals surface area contributed by atoms with Crippen molar-refractivity contribution in [2.24, 2.45) is 10.4 Å². The Hall–Kier alpha value is -0.630. The number of allylic oxidation sites excluding steroid dienone is 1. The minimum Gasteiger partial charge on any atom is -0.386 e. The molecule has 1 N–H and O–H groups in total. The van der Waals surface area contributed by atoms with Gasteiger partial charge in [0.1, 0.15) is 0 Å². The first-order chi connectivity index (χ1) is 5.52. The van der Waals surface area contributed by atoms with Crippen LogP contribution >= 0.6 is 0 Å². The van der Waals surface area contributed by atoms with E-state index in [-0.39, 0.29) is 5.41 Å². The third-order valence-electron chi connectivity index (χ3n) is 2.91. The molecule has 0 spiro atoms. The Bertz CT molecular complexity index is 265. The van der Waals surface area contributed by atoms with Gasteiger partial charge in [0.25, 0.3) is 0 Å². The molecule has 0 radical (unpaired) electrons.